The van der Waals surface area contributed by atoms with E-state index in [9.17, 15) is 56.7 Å². The molecule has 0 aromatic heterocycles. The zero-order valence-electron chi connectivity index (χ0n) is 35.5. The van der Waals surface area contributed by atoms with Crippen LogP contribution in [0.25, 0.3) is 0 Å². The van der Waals surface area contributed by atoms with E-state index in [1.54, 1.807) is 19.1 Å². The van der Waals surface area contributed by atoms with Crippen LogP contribution >= 0.6 is 7.82 Å². The van der Waals surface area contributed by atoms with Crippen LogP contribution in [0.2, 0.25) is 0 Å². The molecule has 0 radical (unpaired) electrons. The highest BCUT2D eigenvalue weighted by molar-refractivity contribution is 7.46. The number of ether oxygens (including phenoxy) is 2. The molecular weight excluding hydrogens is 867 g/mol. The minimum atomic E-state index is -5.21. The van der Waals surface area contributed by atoms with Gasteiger partial charge >= 0.3 is 19.8 Å². The zero-order chi connectivity index (χ0) is 46.6. The number of anilines is 1. The standard InChI is InChI=1S/C41H52F2N7O13P/c1-21-13-33-40(56)62-23(3)34(47-35(51)30(16-24-14-25(42)17-26(43)15-24)46-41(57)45-27-8-10-28(61-4)11-9-27)39(55)50-20-29(63-64(58,59)60)18-32(50)38(54)48-12-6-5-7-31(48)36(52)44-22(2)37(53)49(33)19-21/h8-11,14-15,17,21-23,29-34H,5-7,12-13,16,18-20H2,1-4H3,(H,44,52)(H,47,51)(H2,45,46,57)(H2,58,59,60)/t21-,22+,23+,29-,30+,31+,32+,33+,34+/m1/s1. The molecule has 348 valence electrons. The monoisotopic (exact) mass is 919 g/mol. The van der Waals surface area contributed by atoms with Gasteiger partial charge in [-0.3, -0.25) is 28.5 Å². The van der Waals surface area contributed by atoms with Crippen LogP contribution in [0.3, 0.4) is 0 Å². The van der Waals surface area contributed by atoms with Crippen molar-refractivity contribution in [2.75, 3.05) is 32.1 Å². The van der Waals surface area contributed by atoms with E-state index in [0.29, 0.717) is 24.7 Å². The van der Waals surface area contributed by atoms with Gasteiger partial charge in [0.05, 0.1) is 13.2 Å². The predicted octanol–water partition coefficient (Wildman–Crippen LogP) is 1.34. The number of nitrogens with zero attached hydrogens (tertiary/aromatic N) is 3. The van der Waals surface area contributed by atoms with Crippen LogP contribution in [0.1, 0.15) is 58.4 Å². The number of carbonyl (C=O) groups excluding carboxylic acids is 7. The molecule has 7 amide bonds. The molecule has 4 aliphatic heterocycles. The fraction of sp³-hybridized carbons (Fsp3) is 0.537. The number of phosphoric acid groups is 1. The lowest BCUT2D eigenvalue weighted by molar-refractivity contribution is -0.163. The van der Waals surface area contributed by atoms with Crippen LogP contribution < -0.4 is 26.0 Å². The Bertz CT molecular complexity index is 2160. The number of carbonyl (C=O) groups is 7. The third-order valence-corrected chi connectivity index (χ3v) is 12.2. The number of fused-ring (bicyclic) bond motifs is 3. The van der Waals surface area contributed by atoms with Crippen molar-refractivity contribution in [3.05, 3.63) is 59.7 Å². The Morgan fingerprint density at radius 1 is 0.891 bits per heavy atom. The van der Waals surface area contributed by atoms with Gasteiger partial charge in [0.25, 0.3) is 0 Å². The van der Waals surface area contributed by atoms with Gasteiger partial charge in [-0.25, -0.2) is 22.9 Å². The summed E-state index contributed by atoms with van der Waals surface area (Å²) >= 11 is 0. The van der Waals surface area contributed by atoms with Gasteiger partial charge in [-0.2, -0.15) is 0 Å². The Morgan fingerprint density at radius 2 is 1.56 bits per heavy atom. The number of hydrogen-bond donors (Lipinski definition) is 6. The molecule has 2 aromatic rings. The molecule has 0 saturated carbocycles. The van der Waals surface area contributed by atoms with Gasteiger partial charge in [0.2, 0.25) is 29.5 Å². The number of nitrogens with one attached hydrogen (secondary N) is 4. The number of benzene rings is 2. The molecule has 4 heterocycles. The summed E-state index contributed by atoms with van der Waals surface area (Å²) in [6, 6.07) is -0.957. The van der Waals surface area contributed by atoms with Gasteiger partial charge in [0.1, 0.15) is 59.7 Å². The topological polar surface area (TPSA) is 263 Å². The first kappa shape index (κ1) is 47.8. The number of phosphoric ester groups is 1. The molecule has 4 saturated heterocycles. The van der Waals surface area contributed by atoms with Crippen molar-refractivity contribution >= 4 is 55.0 Å². The van der Waals surface area contributed by atoms with Crippen molar-refractivity contribution < 1.29 is 70.7 Å². The Morgan fingerprint density at radius 3 is 2.22 bits per heavy atom. The fourth-order valence-corrected chi connectivity index (χ4v) is 9.19. The van der Waals surface area contributed by atoms with Crippen molar-refractivity contribution in [1.82, 2.24) is 30.7 Å². The quantitative estimate of drug-likeness (QED) is 0.154. The molecule has 9 atom stereocenters. The molecule has 4 fully saturated rings. The first-order valence-corrected chi connectivity index (χ1v) is 22.4. The van der Waals surface area contributed by atoms with Crippen molar-refractivity contribution in [1.29, 1.82) is 0 Å². The largest absolute Gasteiger partial charge is 0.497 e. The van der Waals surface area contributed by atoms with Crippen molar-refractivity contribution in [3.63, 3.8) is 0 Å². The molecular formula is C41H52F2N7O13P. The number of rotatable bonds is 9. The minimum Gasteiger partial charge on any atom is -0.497 e. The maximum absolute atomic E-state index is 15.0. The normalized spacial score (nSPS) is 27.4. The number of piperidine rings is 1. The maximum atomic E-state index is 15.0. The summed E-state index contributed by atoms with van der Waals surface area (Å²) in [4.78, 5) is 122. The smallest absolute Gasteiger partial charge is 0.469 e. The number of amides is 7. The van der Waals surface area contributed by atoms with E-state index in [0.717, 1.165) is 17.0 Å². The lowest BCUT2D eigenvalue weighted by Crippen LogP contribution is -2.63. The van der Waals surface area contributed by atoms with Crippen molar-refractivity contribution in [2.24, 2.45) is 5.92 Å². The van der Waals surface area contributed by atoms with Crippen molar-refractivity contribution in [3.8, 4) is 5.75 Å². The van der Waals surface area contributed by atoms with E-state index in [-0.39, 0.29) is 43.1 Å². The summed E-state index contributed by atoms with van der Waals surface area (Å²) in [7, 11) is -3.77. The third kappa shape index (κ3) is 11.5. The van der Waals surface area contributed by atoms with E-state index >= 15 is 0 Å². The third-order valence-electron chi connectivity index (χ3n) is 11.7. The Kier molecular flexibility index (Phi) is 14.9. The number of urea groups is 1. The summed E-state index contributed by atoms with van der Waals surface area (Å²) in [5.74, 6) is -6.95. The SMILES string of the molecule is COc1ccc(NC(=O)N[C@@H](Cc2cc(F)cc(F)c2)C(=O)N[C@@H]2C(=O)N3C[C@H](OP(=O)(O)O)C[C@H]3C(=O)N3CCCC[C@H]3C(=O)N[C@@H](C)C(=O)N3C[C@H](C)C[C@H]3C(=O)O[C@H]2C)cc1. The van der Waals surface area contributed by atoms with Gasteiger partial charge in [-0.15, -0.1) is 0 Å². The lowest BCUT2D eigenvalue weighted by atomic mass is 9.98. The number of hydrogen-bond acceptors (Lipinski definition) is 11. The second-order valence-electron chi connectivity index (χ2n) is 16.6. The lowest BCUT2D eigenvalue weighted by Gasteiger charge is -2.39. The molecule has 0 unspecified atom stereocenters. The summed E-state index contributed by atoms with van der Waals surface area (Å²) < 4.78 is 56.8. The molecule has 23 heteroatoms. The fourth-order valence-electron chi connectivity index (χ4n) is 8.65. The zero-order valence-corrected chi connectivity index (χ0v) is 36.4. The predicted molar refractivity (Wildman–Crippen MR) is 220 cm³/mol. The van der Waals surface area contributed by atoms with Gasteiger partial charge in [0.15, 0.2) is 0 Å². The number of halogens is 2. The molecule has 0 spiro atoms. The minimum absolute atomic E-state index is 0.0499. The highest BCUT2D eigenvalue weighted by Crippen LogP contribution is 2.41. The molecule has 4 aliphatic rings. The second kappa shape index (κ2) is 20.0. The van der Waals surface area contributed by atoms with E-state index in [1.807, 2.05) is 0 Å². The molecule has 20 nitrogen and oxygen atoms in total. The van der Waals surface area contributed by atoms with Gasteiger partial charge < -0.3 is 55.2 Å². The summed E-state index contributed by atoms with van der Waals surface area (Å²) in [6.45, 7) is 4.06. The van der Waals surface area contributed by atoms with Gasteiger partial charge in [-0.1, -0.05) is 6.92 Å². The van der Waals surface area contributed by atoms with E-state index in [2.05, 4.69) is 21.3 Å². The van der Waals surface area contributed by atoms with Crippen LogP contribution in [0.5, 0.6) is 5.75 Å². The molecule has 6 rings (SSSR count). The molecule has 64 heavy (non-hydrogen) atoms. The average molecular weight is 920 g/mol. The second-order valence-corrected chi connectivity index (χ2v) is 17.8. The number of cyclic esters (lactones) is 1. The van der Waals surface area contributed by atoms with E-state index in [1.165, 1.54) is 42.9 Å². The average Bonchev–Trinajstić information content (AvgIpc) is 3.83. The summed E-state index contributed by atoms with van der Waals surface area (Å²) in [5, 5.41) is 10.2. The molecule has 2 aromatic carbocycles. The van der Waals surface area contributed by atoms with Crippen LogP contribution in [0, 0.1) is 17.6 Å². The van der Waals surface area contributed by atoms with Crippen LogP contribution in [-0.2, 0) is 49.0 Å². The van der Waals surface area contributed by atoms with E-state index in [4.69, 9.17) is 14.0 Å². The Labute approximate surface area is 366 Å². The number of esters is 1. The van der Waals surface area contributed by atoms with E-state index < -0.39 is 129 Å². The molecule has 6 N–H and O–H groups in total. The Balaban J connectivity index is 1.39. The first-order valence-electron chi connectivity index (χ1n) is 20.8. The first-order chi connectivity index (χ1) is 30.2. The van der Waals surface area contributed by atoms with Crippen LogP contribution in [0.15, 0.2) is 42.5 Å². The summed E-state index contributed by atoms with van der Waals surface area (Å²) in [6.07, 6.45) is -2.71. The highest BCUT2D eigenvalue weighted by Gasteiger charge is 2.50. The number of methoxy groups -OCH3 is 1. The molecule has 0 bridgehead atoms. The van der Waals surface area contributed by atoms with Gasteiger partial charge in [-0.05, 0) is 87.4 Å². The highest BCUT2D eigenvalue weighted by atomic mass is 31.2. The molecule has 0 aliphatic carbocycles. The van der Waals surface area contributed by atoms with Gasteiger partial charge in [0, 0.05) is 44.2 Å². The summed E-state index contributed by atoms with van der Waals surface area (Å²) in [5.41, 5.74) is 0.180. The Hall–Kier alpha value is -5.70. The maximum Gasteiger partial charge on any atom is 0.469 e. The van der Waals surface area contributed by atoms with Crippen LogP contribution in [-0.4, -0.2) is 141 Å². The van der Waals surface area contributed by atoms with Crippen molar-refractivity contribution in [2.45, 2.75) is 108 Å². The van der Waals surface area contributed by atoms with Crippen LogP contribution in [0.4, 0.5) is 19.3 Å².